The van der Waals surface area contributed by atoms with Gasteiger partial charge in [0.25, 0.3) is 5.69 Å². The van der Waals surface area contributed by atoms with Crippen LogP contribution in [-0.4, -0.2) is 30.5 Å². The number of anilines is 1. The van der Waals surface area contributed by atoms with E-state index in [1.54, 1.807) is 12.1 Å². The van der Waals surface area contributed by atoms with Gasteiger partial charge in [0.2, 0.25) is 0 Å². The normalized spacial score (nSPS) is 16.7. The number of nitro groups is 1. The second kappa shape index (κ2) is 8.32. The van der Waals surface area contributed by atoms with Crippen molar-refractivity contribution in [2.45, 2.75) is 32.4 Å². The van der Waals surface area contributed by atoms with Gasteiger partial charge in [0.05, 0.1) is 17.0 Å². The maximum atomic E-state index is 11.4. The van der Waals surface area contributed by atoms with Gasteiger partial charge in [0, 0.05) is 31.9 Å². The zero-order valence-corrected chi connectivity index (χ0v) is 17.7. The van der Waals surface area contributed by atoms with Crippen molar-refractivity contribution in [2.24, 2.45) is 0 Å². The second-order valence-electron chi connectivity index (χ2n) is 8.16. The molecule has 1 atom stereocenters. The summed E-state index contributed by atoms with van der Waals surface area (Å²) in [6, 6.07) is 18.0. The number of hydrogen-bond acceptors (Lipinski definition) is 5. The summed E-state index contributed by atoms with van der Waals surface area (Å²) in [5.41, 5.74) is 4.08. The Bertz CT molecular complexity index is 1040. The summed E-state index contributed by atoms with van der Waals surface area (Å²) in [7, 11) is 4.09. The zero-order valence-electron chi connectivity index (χ0n) is 17.7. The van der Waals surface area contributed by atoms with Crippen LogP contribution in [0.15, 0.2) is 59.0 Å². The Labute approximate surface area is 176 Å². The number of furan rings is 1. The lowest BCUT2D eigenvalue weighted by Crippen LogP contribution is -2.22. The number of benzene rings is 2. The summed E-state index contributed by atoms with van der Waals surface area (Å²) in [5.74, 6) is 1.38. The minimum Gasteiger partial charge on any atom is -0.459 e. The van der Waals surface area contributed by atoms with E-state index in [1.807, 2.05) is 39.2 Å². The highest BCUT2D eigenvalue weighted by Gasteiger charge is 2.27. The van der Waals surface area contributed by atoms with Crippen molar-refractivity contribution in [3.63, 3.8) is 0 Å². The molecule has 6 nitrogen and oxygen atoms in total. The summed E-state index contributed by atoms with van der Waals surface area (Å²) in [4.78, 5) is 15.6. The van der Waals surface area contributed by atoms with Crippen molar-refractivity contribution in [3.05, 3.63) is 81.6 Å². The SMILES string of the molecule is Cc1ccc([N+](=O)[O-])c(-c2ccc(CN3CCCC3c3ccc(N(C)C)cc3)o2)c1. The third-order valence-electron chi connectivity index (χ3n) is 5.79. The zero-order chi connectivity index (χ0) is 21.3. The Morgan fingerprint density at radius 3 is 2.60 bits per heavy atom. The highest BCUT2D eigenvalue weighted by atomic mass is 16.6. The molecule has 2 heterocycles. The number of likely N-dealkylation sites (tertiary alicyclic amines) is 1. The first-order chi connectivity index (χ1) is 14.4. The molecule has 0 N–H and O–H groups in total. The van der Waals surface area contributed by atoms with E-state index in [1.165, 1.54) is 11.3 Å². The van der Waals surface area contributed by atoms with Crippen LogP contribution in [0.4, 0.5) is 11.4 Å². The standard InChI is InChI=1S/C24H27N3O3/c1-17-6-12-23(27(28)29)21(15-17)24-13-11-20(30-24)16-26-14-4-5-22(26)18-7-9-19(10-8-18)25(2)3/h6-13,15,22H,4-5,14,16H2,1-3H3. The molecule has 1 aromatic heterocycles. The van der Waals surface area contributed by atoms with Crippen LogP contribution in [0, 0.1) is 17.0 Å². The molecule has 0 spiro atoms. The second-order valence-corrected chi connectivity index (χ2v) is 8.16. The lowest BCUT2D eigenvalue weighted by Gasteiger charge is -2.24. The number of rotatable bonds is 6. The molecule has 1 aliphatic heterocycles. The summed E-state index contributed by atoms with van der Waals surface area (Å²) >= 11 is 0. The van der Waals surface area contributed by atoms with Crippen LogP contribution < -0.4 is 4.90 Å². The topological polar surface area (TPSA) is 62.8 Å². The van der Waals surface area contributed by atoms with Crippen LogP contribution in [0.25, 0.3) is 11.3 Å². The monoisotopic (exact) mass is 405 g/mol. The minimum atomic E-state index is -0.356. The maximum Gasteiger partial charge on any atom is 0.280 e. The van der Waals surface area contributed by atoms with Gasteiger partial charge in [-0.1, -0.05) is 18.2 Å². The highest BCUT2D eigenvalue weighted by molar-refractivity contribution is 5.70. The van der Waals surface area contributed by atoms with E-state index in [9.17, 15) is 10.1 Å². The van der Waals surface area contributed by atoms with E-state index in [2.05, 4.69) is 34.1 Å². The number of aryl methyl sites for hydroxylation is 1. The Morgan fingerprint density at radius 1 is 1.13 bits per heavy atom. The van der Waals surface area contributed by atoms with Crippen molar-refractivity contribution < 1.29 is 9.34 Å². The van der Waals surface area contributed by atoms with Crippen molar-refractivity contribution in [3.8, 4) is 11.3 Å². The minimum absolute atomic E-state index is 0.0709. The van der Waals surface area contributed by atoms with Crippen LogP contribution in [0.1, 0.15) is 35.8 Å². The maximum absolute atomic E-state index is 11.4. The lowest BCUT2D eigenvalue weighted by molar-refractivity contribution is -0.384. The third-order valence-corrected chi connectivity index (χ3v) is 5.79. The quantitative estimate of drug-likeness (QED) is 0.396. The first-order valence-electron chi connectivity index (χ1n) is 10.3. The van der Waals surface area contributed by atoms with Crippen molar-refractivity contribution in [1.29, 1.82) is 0 Å². The Kier molecular flexibility index (Phi) is 5.59. The number of hydrogen-bond donors (Lipinski definition) is 0. The predicted octanol–water partition coefficient (Wildman–Crippen LogP) is 5.57. The Balaban J connectivity index is 1.53. The van der Waals surface area contributed by atoms with Crippen LogP contribution >= 0.6 is 0 Å². The molecule has 156 valence electrons. The lowest BCUT2D eigenvalue weighted by atomic mass is 10.0. The molecule has 30 heavy (non-hydrogen) atoms. The van der Waals surface area contributed by atoms with Gasteiger partial charge < -0.3 is 9.32 Å². The Morgan fingerprint density at radius 2 is 1.90 bits per heavy atom. The average molecular weight is 405 g/mol. The molecule has 0 aliphatic carbocycles. The third kappa shape index (κ3) is 4.09. The fraction of sp³-hybridized carbons (Fsp3) is 0.333. The molecule has 4 rings (SSSR count). The molecule has 1 saturated heterocycles. The van der Waals surface area contributed by atoms with Crippen molar-refractivity contribution in [2.75, 3.05) is 25.5 Å². The molecule has 1 aliphatic rings. The number of nitrogens with zero attached hydrogens (tertiary/aromatic N) is 3. The van der Waals surface area contributed by atoms with Gasteiger partial charge in [0.1, 0.15) is 11.5 Å². The van der Waals surface area contributed by atoms with E-state index in [-0.39, 0.29) is 10.6 Å². The fourth-order valence-corrected chi connectivity index (χ4v) is 4.20. The van der Waals surface area contributed by atoms with Gasteiger partial charge in [0.15, 0.2) is 0 Å². The Hall–Kier alpha value is -3.12. The van der Waals surface area contributed by atoms with E-state index < -0.39 is 0 Å². The van der Waals surface area contributed by atoms with E-state index in [0.717, 1.165) is 30.7 Å². The summed E-state index contributed by atoms with van der Waals surface area (Å²) in [5, 5.41) is 11.4. The van der Waals surface area contributed by atoms with Crippen LogP contribution in [0.3, 0.4) is 0 Å². The molecule has 0 saturated carbocycles. The van der Waals surface area contributed by atoms with E-state index in [0.29, 0.717) is 23.9 Å². The van der Waals surface area contributed by atoms with Gasteiger partial charge in [-0.15, -0.1) is 0 Å². The van der Waals surface area contributed by atoms with Crippen LogP contribution in [0.2, 0.25) is 0 Å². The molecule has 0 radical (unpaired) electrons. The summed E-state index contributed by atoms with van der Waals surface area (Å²) in [6.07, 6.45) is 2.27. The molecule has 1 unspecified atom stereocenters. The first kappa shape index (κ1) is 20.2. The summed E-state index contributed by atoms with van der Waals surface area (Å²) < 4.78 is 6.06. The molecule has 3 aromatic rings. The van der Waals surface area contributed by atoms with Crippen molar-refractivity contribution >= 4 is 11.4 Å². The predicted molar refractivity (Wildman–Crippen MR) is 119 cm³/mol. The van der Waals surface area contributed by atoms with E-state index in [4.69, 9.17) is 4.42 Å². The molecule has 1 fully saturated rings. The molecule has 0 bridgehead atoms. The van der Waals surface area contributed by atoms with Crippen molar-refractivity contribution in [1.82, 2.24) is 4.90 Å². The molecule has 2 aromatic carbocycles. The van der Waals surface area contributed by atoms with Gasteiger partial charge in [-0.05, 0) is 67.8 Å². The first-order valence-corrected chi connectivity index (χ1v) is 10.3. The van der Waals surface area contributed by atoms with Gasteiger partial charge in [-0.3, -0.25) is 15.0 Å². The van der Waals surface area contributed by atoms with Crippen LogP contribution in [-0.2, 0) is 6.54 Å². The fourth-order valence-electron chi connectivity index (χ4n) is 4.20. The van der Waals surface area contributed by atoms with Gasteiger partial charge >= 0.3 is 0 Å². The molecular formula is C24H27N3O3. The van der Waals surface area contributed by atoms with Gasteiger partial charge in [-0.2, -0.15) is 0 Å². The smallest absolute Gasteiger partial charge is 0.280 e. The summed E-state index contributed by atoms with van der Waals surface area (Å²) in [6.45, 7) is 3.63. The highest BCUT2D eigenvalue weighted by Crippen LogP contribution is 2.36. The van der Waals surface area contributed by atoms with E-state index >= 15 is 0 Å². The number of nitro benzene ring substituents is 1. The van der Waals surface area contributed by atoms with Gasteiger partial charge in [-0.25, -0.2) is 0 Å². The average Bonchev–Trinajstić information content (AvgIpc) is 3.38. The molecule has 0 amide bonds. The molecular weight excluding hydrogens is 378 g/mol. The van der Waals surface area contributed by atoms with Crippen LogP contribution in [0.5, 0.6) is 0 Å². The largest absolute Gasteiger partial charge is 0.459 e. The molecule has 6 heteroatoms.